The molecule has 0 aliphatic carbocycles. The van der Waals surface area contributed by atoms with E-state index in [0.29, 0.717) is 0 Å². The first-order valence-corrected chi connectivity index (χ1v) is 24.0. The molecule has 0 aromatic carbocycles. The van der Waals surface area contributed by atoms with Crippen LogP contribution in [0.2, 0.25) is 0 Å². The maximum Gasteiger partial charge on any atom is 0.106 e. The smallest absolute Gasteiger partial charge is 0.106 e. The van der Waals surface area contributed by atoms with E-state index in [-0.39, 0.29) is 16.3 Å². The molecule has 0 heterocycles. The molecule has 55 heavy (non-hydrogen) atoms. The van der Waals surface area contributed by atoms with Crippen molar-refractivity contribution in [1.29, 1.82) is 0 Å². The van der Waals surface area contributed by atoms with Crippen molar-refractivity contribution >= 4 is 6.79 Å². The summed E-state index contributed by atoms with van der Waals surface area (Å²) in [6.45, 7) is 22.8. The van der Waals surface area contributed by atoms with Crippen molar-refractivity contribution < 1.29 is 6.22 Å². The summed E-state index contributed by atoms with van der Waals surface area (Å²) in [6.07, 6.45) is 47.8. The Balaban J connectivity index is -0.000000390. The van der Waals surface area contributed by atoms with Gasteiger partial charge in [-0.2, -0.15) is 0 Å². The first kappa shape index (κ1) is 63.5. The molecule has 0 bridgehead atoms. The number of nitrogens with one attached hydrogen (secondary N) is 1. The van der Waals surface area contributed by atoms with Crippen LogP contribution in [0.1, 0.15) is 269 Å². The third-order valence-corrected chi connectivity index (χ3v) is 10.9. The molecule has 0 rings (SSSR count). The van der Waals surface area contributed by atoms with E-state index >= 15 is 0 Å². The summed E-state index contributed by atoms with van der Waals surface area (Å²) in [6, 6.07) is 0. The summed E-state index contributed by atoms with van der Waals surface area (Å²) in [5, 5.41) is 2.09. The van der Waals surface area contributed by atoms with Crippen LogP contribution in [0, 0.1) is 5.92 Å². The molecule has 0 radical (unpaired) electrons. The Hall–Kier alpha value is -0.710. The summed E-state index contributed by atoms with van der Waals surface area (Å²) >= 11 is 0. The van der Waals surface area contributed by atoms with Crippen molar-refractivity contribution in [3.05, 3.63) is 12.2 Å². The molecular weight excluding hydrogens is 671 g/mol. The minimum Gasteiger partial charge on any atom is -0.307 e. The Morgan fingerprint density at radius 2 is 0.782 bits per heavy atom. The molecule has 0 fully saturated rings. The summed E-state index contributed by atoms with van der Waals surface area (Å²) in [5.74, 6) is 0.898. The molecule has 4 heteroatoms. The number of rotatable bonds is 41. The zero-order valence-corrected chi connectivity index (χ0v) is 38.2. The van der Waals surface area contributed by atoms with Gasteiger partial charge < -0.3 is 9.69 Å². The van der Waals surface area contributed by atoms with Crippen molar-refractivity contribution in [2.75, 3.05) is 40.3 Å². The number of nitrogens with zero attached hydrogens (tertiary/aromatic N) is 2. The lowest BCUT2D eigenvalue weighted by Crippen LogP contribution is -2.39. The molecule has 0 saturated heterocycles. The molecular formula is C51H113N3O. The van der Waals surface area contributed by atoms with Crippen LogP contribution >= 0.6 is 0 Å². The Kier molecular flexibility index (Phi) is 66.5. The van der Waals surface area contributed by atoms with Crippen LogP contribution in [0.3, 0.4) is 0 Å². The zero-order valence-electron chi connectivity index (χ0n) is 38.2. The molecule has 0 amide bonds. The average Bonchev–Trinajstić information content (AvgIpc) is 3.15. The summed E-state index contributed by atoms with van der Waals surface area (Å²) in [4.78, 5) is 10.7. The number of carbonyl (C=O) groups is 1. The Bertz CT molecular complexity index is 639. The van der Waals surface area contributed by atoms with Crippen LogP contribution in [0.5, 0.6) is 0 Å². The molecule has 0 aromatic rings. The second-order valence-electron chi connectivity index (χ2n) is 16.6. The van der Waals surface area contributed by atoms with Gasteiger partial charge in [-0.15, -0.1) is 0 Å². The van der Waals surface area contributed by atoms with Crippen molar-refractivity contribution in [2.45, 2.75) is 268 Å². The van der Waals surface area contributed by atoms with Crippen molar-refractivity contribution in [3.63, 3.8) is 0 Å². The molecule has 0 atom stereocenters. The van der Waals surface area contributed by atoms with Gasteiger partial charge in [0.1, 0.15) is 6.79 Å². The number of hydrazine groups is 1. The van der Waals surface area contributed by atoms with E-state index in [1.165, 1.54) is 238 Å². The summed E-state index contributed by atoms with van der Waals surface area (Å²) < 4.78 is 0. The predicted molar refractivity (Wildman–Crippen MR) is 259 cm³/mol. The van der Waals surface area contributed by atoms with Crippen molar-refractivity contribution in [3.8, 4) is 0 Å². The van der Waals surface area contributed by atoms with Gasteiger partial charge in [0, 0.05) is 28.6 Å². The quantitative estimate of drug-likeness (QED) is 0.0381. The highest BCUT2D eigenvalue weighted by molar-refractivity contribution is 5.11. The topological polar surface area (TPSA) is 35.6 Å². The van der Waals surface area contributed by atoms with E-state index in [1.54, 1.807) is 5.57 Å². The van der Waals surface area contributed by atoms with E-state index in [9.17, 15) is 0 Å². The molecule has 0 spiro atoms. The van der Waals surface area contributed by atoms with Crippen LogP contribution in [-0.4, -0.2) is 57.0 Å². The fourth-order valence-corrected chi connectivity index (χ4v) is 7.44. The Labute approximate surface area is 353 Å². The first-order valence-electron chi connectivity index (χ1n) is 24.0. The fourth-order valence-electron chi connectivity index (χ4n) is 7.44. The number of hydrogen-bond acceptors (Lipinski definition) is 4. The summed E-state index contributed by atoms with van der Waals surface area (Å²) in [5.41, 5.74) is 5.01. The fraction of sp³-hybridized carbons (Fsp3) is 0.941. The summed E-state index contributed by atoms with van der Waals surface area (Å²) in [7, 11) is 4.19. The van der Waals surface area contributed by atoms with Crippen LogP contribution in [0.4, 0.5) is 0 Å². The molecule has 0 saturated carbocycles. The lowest BCUT2D eigenvalue weighted by Gasteiger charge is -2.23. The van der Waals surface area contributed by atoms with Gasteiger partial charge in [-0.3, -0.25) is 10.4 Å². The second-order valence-corrected chi connectivity index (χ2v) is 16.6. The third kappa shape index (κ3) is 57.7. The maximum absolute atomic E-state index is 8.00. The maximum atomic E-state index is 8.00. The third-order valence-electron chi connectivity index (χ3n) is 10.9. The van der Waals surface area contributed by atoms with Gasteiger partial charge >= 0.3 is 0 Å². The zero-order chi connectivity index (χ0) is 39.9. The number of carbonyl (C=O) groups excluding carboxylic acids is 1. The van der Waals surface area contributed by atoms with Crippen molar-refractivity contribution in [1.82, 2.24) is 15.3 Å². The lowest BCUT2D eigenvalue weighted by molar-refractivity contribution is -0.0980. The largest absolute Gasteiger partial charge is 0.307 e. The standard InChI is InChI=1S/C39H81N3.C9H20.CH2O.2CH4.H2/c1-7-10-13-16-21-26-31-39(32-27-22-17-14-11-8-2)37-38(4)30-25-20-19-24-29-35-42(36-33-40-41(5)6)34-28-23-18-15-12-9-3;1-3-5-7-9-8-6-4-2;1-2;;;/h39-40H,4,7-37H2,1-3,5-6H3;3-9H2,1-2H3;1H2;2*1H4;1H. The predicted octanol–water partition coefficient (Wildman–Crippen LogP) is 17.2. The van der Waals surface area contributed by atoms with Crippen LogP contribution < -0.4 is 5.43 Å². The molecule has 0 aromatic heterocycles. The molecule has 4 nitrogen and oxygen atoms in total. The minimum absolute atomic E-state index is 0. The molecule has 1 N–H and O–H groups in total. The number of unbranched alkanes of at least 4 members (excludes halogenated alkanes) is 25. The highest BCUT2D eigenvalue weighted by Crippen LogP contribution is 2.27. The molecule has 338 valence electrons. The van der Waals surface area contributed by atoms with Crippen molar-refractivity contribution in [2.24, 2.45) is 5.92 Å². The molecule has 0 aliphatic rings. The highest BCUT2D eigenvalue weighted by atomic mass is 16.1. The van der Waals surface area contributed by atoms with Gasteiger partial charge in [0.25, 0.3) is 0 Å². The normalized spacial score (nSPS) is 10.8. The van der Waals surface area contributed by atoms with E-state index in [0.717, 1.165) is 12.5 Å². The Morgan fingerprint density at radius 3 is 1.13 bits per heavy atom. The van der Waals surface area contributed by atoms with E-state index < -0.39 is 0 Å². The van der Waals surface area contributed by atoms with Gasteiger partial charge in [0.15, 0.2) is 0 Å². The van der Waals surface area contributed by atoms with Gasteiger partial charge in [0.2, 0.25) is 0 Å². The van der Waals surface area contributed by atoms with Crippen LogP contribution in [-0.2, 0) is 4.79 Å². The molecule has 0 aliphatic heterocycles. The van der Waals surface area contributed by atoms with Crippen LogP contribution in [0.25, 0.3) is 0 Å². The average molecular weight is 784 g/mol. The van der Waals surface area contributed by atoms with Gasteiger partial charge in [-0.1, -0.05) is 248 Å². The number of hydrogen-bond donors (Lipinski definition) is 1. The SMILES string of the molecule is C.C.C=C(CCCCCCCN(CCCCCCCC)CCNN(C)C)CC(CCCCCCCC)CCCCCCCC.C=O.CCCCCCCCC.[HH]. The van der Waals surface area contributed by atoms with Gasteiger partial charge in [-0.25, -0.2) is 0 Å². The minimum atomic E-state index is 0. The van der Waals surface area contributed by atoms with Gasteiger partial charge in [-0.05, 0) is 51.1 Å². The second kappa shape index (κ2) is 57.6. The van der Waals surface area contributed by atoms with Crippen LogP contribution in [0.15, 0.2) is 12.2 Å². The van der Waals surface area contributed by atoms with E-state index in [4.69, 9.17) is 4.79 Å². The van der Waals surface area contributed by atoms with E-state index in [2.05, 4.69) is 70.6 Å². The Morgan fingerprint density at radius 1 is 0.473 bits per heavy atom. The van der Waals surface area contributed by atoms with Gasteiger partial charge in [0.05, 0.1) is 0 Å². The highest BCUT2D eigenvalue weighted by Gasteiger charge is 2.11. The molecule has 0 unspecified atom stereocenters. The van der Waals surface area contributed by atoms with E-state index in [1.807, 2.05) is 6.79 Å². The first-order chi connectivity index (χ1) is 25.9. The number of allylic oxidation sites excluding steroid dienone is 1. The lowest BCUT2D eigenvalue weighted by atomic mass is 9.87. The monoisotopic (exact) mass is 784 g/mol.